The molecule has 3 nitrogen and oxygen atoms in total. The van der Waals surface area contributed by atoms with Crippen molar-refractivity contribution < 1.29 is 4.74 Å². The summed E-state index contributed by atoms with van der Waals surface area (Å²) in [4.78, 5) is 1.86. The summed E-state index contributed by atoms with van der Waals surface area (Å²) in [6, 6.07) is 0. The summed E-state index contributed by atoms with van der Waals surface area (Å²) in [6.07, 6.45) is 0. The zero-order valence-electron chi connectivity index (χ0n) is 6.98. The quantitative estimate of drug-likeness (QED) is 0.362. The van der Waals surface area contributed by atoms with Gasteiger partial charge in [0.1, 0.15) is 0 Å². The molecule has 60 valence electrons. The predicted molar refractivity (Wildman–Crippen MR) is 42.5 cm³/mol. The third kappa shape index (κ3) is 4.32. The highest BCUT2D eigenvalue weighted by Gasteiger charge is 1.95. The van der Waals surface area contributed by atoms with E-state index in [0.717, 1.165) is 13.2 Å². The molecule has 0 aromatic carbocycles. The number of amidine groups is 1. The van der Waals surface area contributed by atoms with Gasteiger partial charge in [-0.3, -0.25) is 5.41 Å². The second-order valence-corrected chi connectivity index (χ2v) is 2.20. The van der Waals surface area contributed by atoms with Gasteiger partial charge in [0.2, 0.25) is 0 Å². The maximum Gasteiger partial charge on any atom is 0.0924 e. The van der Waals surface area contributed by atoms with Gasteiger partial charge in [-0.1, -0.05) is 0 Å². The summed E-state index contributed by atoms with van der Waals surface area (Å²) in [5, 5.41) is 7.21. The highest BCUT2D eigenvalue weighted by atomic mass is 16.5. The highest BCUT2D eigenvalue weighted by Crippen LogP contribution is 1.83. The molecule has 0 unspecified atom stereocenters. The Morgan fingerprint density at radius 3 is 2.60 bits per heavy atom. The van der Waals surface area contributed by atoms with Crippen LogP contribution in [-0.4, -0.2) is 37.5 Å². The van der Waals surface area contributed by atoms with Crippen LogP contribution in [-0.2, 0) is 4.74 Å². The molecule has 0 spiro atoms. The van der Waals surface area contributed by atoms with Gasteiger partial charge in [0.05, 0.1) is 12.4 Å². The maximum atomic E-state index is 7.21. The first-order valence-corrected chi connectivity index (χ1v) is 3.52. The minimum absolute atomic E-state index is 0.583. The zero-order valence-corrected chi connectivity index (χ0v) is 6.98. The van der Waals surface area contributed by atoms with Crippen LogP contribution in [0.4, 0.5) is 0 Å². The van der Waals surface area contributed by atoms with E-state index in [1.807, 2.05) is 18.9 Å². The molecule has 0 aliphatic heterocycles. The number of hydrogen-bond donors (Lipinski definition) is 1. The Balaban J connectivity index is 3.21. The fourth-order valence-electron chi connectivity index (χ4n) is 0.514. The molecule has 0 amide bonds. The van der Waals surface area contributed by atoms with E-state index >= 15 is 0 Å². The number of hydrogen-bond acceptors (Lipinski definition) is 2. The van der Waals surface area contributed by atoms with Crippen LogP contribution in [0.2, 0.25) is 0 Å². The topological polar surface area (TPSA) is 36.3 Å². The Morgan fingerprint density at radius 1 is 1.60 bits per heavy atom. The molecular weight excluding hydrogens is 128 g/mol. The van der Waals surface area contributed by atoms with Gasteiger partial charge in [-0.05, 0) is 13.8 Å². The van der Waals surface area contributed by atoms with Crippen molar-refractivity contribution in [3.63, 3.8) is 0 Å². The van der Waals surface area contributed by atoms with Crippen molar-refractivity contribution in [2.75, 3.05) is 26.8 Å². The minimum Gasteiger partial charge on any atom is -0.380 e. The summed E-state index contributed by atoms with van der Waals surface area (Å²) >= 11 is 0. The SMILES string of the molecule is CCOCCN(C)C(C)=N. The van der Waals surface area contributed by atoms with Gasteiger partial charge in [0.25, 0.3) is 0 Å². The first kappa shape index (κ1) is 9.43. The number of nitrogens with zero attached hydrogens (tertiary/aromatic N) is 1. The van der Waals surface area contributed by atoms with Gasteiger partial charge in [0.15, 0.2) is 0 Å². The number of likely N-dealkylation sites (N-methyl/N-ethyl adjacent to an activating group) is 1. The highest BCUT2D eigenvalue weighted by molar-refractivity contribution is 5.75. The Kier molecular flexibility index (Phi) is 4.94. The van der Waals surface area contributed by atoms with E-state index in [2.05, 4.69) is 0 Å². The second kappa shape index (κ2) is 5.23. The van der Waals surface area contributed by atoms with Gasteiger partial charge < -0.3 is 9.64 Å². The molecule has 0 saturated heterocycles. The maximum absolute atomic E-state index is 7.21. The van der Waals surface area contributed by atoms with Crippen LogP contribution < -0.4 is 0 Å². The van der Waals surface area contributed by atoms with E-state index in [1.165, 1.54) is 0 Å². The average molecular weight is 144 g/mol. The van der Waals surface area contributed by atoms with Crippen LogP contribution in [0.25, 0.3) is 0 Å². The van der Waals surface area contributed by atoms with Gasteiger partial charge in [-0.15, -0.1) is 0 Å². The van der Waals surface area contributed by atoms with Crippen LogP contribution in [0.3, 0.4) is 0 Å². The fourth-order valence-corrected chi connectivity index (χ4v) is 0.514. The Hall–Kier alpha value is -0.570. The third-order valence-corrected chi connectivity index (χ3v) is 1.35. The lowest BCUT2D eigenvalue weighted by molar-refractivity contribution is 0.136. The van der Waals surface area contributed by atoms with Crippen molar-refractivity contribution in [3.8, 4) is 0 Å². The van der Waals surface area contributed by atoms with E-state index in [4.69, 9.17) is 10.1 Å². The van der Waals surface area contributed by atoms with Gasteiger partial charge in [-0.2, -0.15) is 0 Å². The monoisotopic (exact) mass is 144 g/mol. The molecule has 1 N–H and O–H groups in total. The summed E-state index contributed by atoms with van der Waals surface area (Å²) in [5.74, 6) is 0.583. The molecule has 0 aliphatic carbocycles. The van der Waals surface area contributed by atoms with Gasteiger partial charge >= 0.3 is 0 Å². The van der Waals surface area contributed by atoms with Gasteiger partial charge in [0, 0.05) is 20.2 Å². The molecule has 10 heavy (non-hydrogen) atoms. The van der Waals surface area contributed by atoms with E-state index in [9.17, 15) is 0 Å². The molecule has 0 atom stereocenters. The molecule has 0 saturated carbocycles. The Labute approximate surface area is 62.5 Å². The van der Waals surface area contributed by atoms with Crippen molar-refractivity contribution >= 4 is 5.84 Å². The summed E-state index contributed by atoms with van der Waals surface area (Å²) in [5.41, 5.74) is 0. The van der Waals surface area contributed by atoms with E-state index < -0.39 is 0 Å². The molecule has 0 heterocycles. The smallest absolute Gasteiger partial charge is 0.0924 e. The Bertz CT molecular complexity index is 104. The van der Waals surface area contributed by atoms with E-state index in [0.29, 0.717) is 12.4 Å². The zero-order chi connectivity index (χ0) is 7.98. The number of rotatable bonds is 4. The normalized spacial score (nSPS) is 9.50. The summed E-state index contributed by atoms with van der Waals surface area (Å²) in [6.45, 7) is 6.01. The van der Waals surface area contributed by atoms with Crippen LogP contribution >= 0.6 is 0 Å². The Morgan fingerprint density at radius 2 is 2.20 bits per heavy atom. The van der Waals surface area contributed by atoms with Crippen molar-refractivity contribution in [3.05, 3.63) is 0 Å². The van der Waals surface area contributed by atoms with Crippen LogP contribution in [0.15, 0.2) is 0 Å². The van der Waals surface area contributed by atoms with Crippen molar-refractivity contribution in [1.29, 1.82) is 5.41 Å². The van der Waals surface area contributed by atoms with Crippen LogP contribution in [0, 0.1) is 5.41 Å². The van der Waals surface area contributed by atoms with Crippen LogP contribution in [0.1, 0.15) is 13.8 Å². The van der Waals surface area contributed by atoms with Crippen molar-refractivity contribution in [2.24, 2.45) is 0 Å². The molecule has 0 radical (unpaired) electrons. The molecule has 0 aliphatic rings. The lowest BCUT2D eigenvalue weighted by atomic mass is 10.5. The first-order valence-electron chi connectivity index (χ1n) is 3.52. The number of ether oxygens (including phenoxy) is 1. The molecule has 0 aromatic rings. The second-order valence-electron chi connectivity index (χ2n) is 2.20. The standard InChI is InChI=1S/C7H16N2O/c1-4-10-6-5-9(3)7(2)8/h8H,4-6H2,1-3H3. The summed E-state index contributed by atoms with van der Waals surface area (Å²) in [7, 11) is 1.89. The lowest BCUT2D eigenvalue weighted by Crippen LogP contribution is -2.27. The average Bonchev–Trinajstić information content (AvgIpc) is 1.88. The molecular formula is C7H16N2O. The van der Waals surface area contributed by atoms with Gasteiger partial charge in [-0.25, -0.2) is 0 Å². The molecule has 3 heteroatoms. The largest absolute Gasteiger partial charge is 0.380 e. The molecule has 0 fully saturated rings. The minimum atomic E-state index is 0.583. The summed E-state index contributed by atoms with van der Waals surface area (Å²) < 4.78 is 5.12. The number of nitrogens with one attached hydrogen (secondary N) is 1. The molecule has 0 aromatic heterocycles. The van der Waals surface area contributed by atoms with E-state index in [1.54, 1.807) is 6.92 Å². The van der Waals surface area contributed by atoms with Crippen molar-refractivity contribution in [2.45, 2.75) is 13.8 Å². The third-order valence-electron chi connectivity index (χ3n) is 1.35. The molecule has 0 rings (SSSR count). The van der Waals surface area contributed by atoms with Crippen LogP contribution in [0.5, 0.6) is 0 Å². The molecule has 0 bridgehead atoms. The fraction of sp³-hybridized carbons (Fsp3) is 0.857. The first-order chi connectivity index (χ1) is 4.68. The predicted octanol–water partition coefficient (Wildman–Crippen LogP) is 0.952. The van der Waals surface area contributed by atoms with Crippen molar-refractivity contribution in [1.82, 2.24) is 4.90 Å². The lowest BCUT2D eigenvalue weighted by Gasteiger charge is -2.16. The van der Waals surface area contributed by atoms with E-state index in [-0.39, 0.29) is 0 Å².